The summed E-state index contributed by atoms with van der Waals surface area (Å²) < 4.78 is 0. The van der Waals surface area contributed by atoms with Crippen LogP contribution in [-0.4, -0.2) is 40.7 Å². The molecular weight excluding hydrogens is 452 g/mol. The minimum absolute atomic E-state index is 0.0223. The predicted octanol–water partition coefficient (Wildman–Crippen LogP) is 6.31. The second-order valence-electron chi connectivity index (χ2n) is 9.99. The Morgan fingerprint density at radius 3 is 2.43 bits per heavy atom. The average molecular weight is 487 g/mol. The van der Waals surface area contributed by atoms with Gasteiger partial charge in [-0.3, -0.25) is 9.59 Å². The first kappa shape index (κ1) is 23.8. The van der Waals surface area contributed by atoms with Gasteiger partial charge in [0.25, 0.3) is 5.91 Å². The van der Waals surface area contributed by atoms with E-state index in [1.807, 2.05) is 47.1 Å². The first-order valence-electron chi connectivity index (χ1n) is 12.8. The Morgan fingerprint density at radius 1 is 0.943 bits per heavy atom. The third kappa shape index (κ3) is 4.92. The number of aryl methyl sites for hydroxylation is 2. The molecule has 0 saturated heterocycles. The highest BCUT2D eigenvalue weighted by Crippen LogP contribution is 2.39. The summed E-state index contributed by atoms with van der Waals surface area (Å²) in [5, 5.41) is 2.14. The fourth-order valence-corrected chi connectivity index (χ4v) is 6.58. The molecule has 2 heterocycles. The molecule has 2 amide bonds. The maximum absolute atomic E-state index is 14.0. The number of benzene rings is 2. The zero-order valence-corrected chi connectivity index (χ0v) is 21.5. The van der Waals surface area contributed by atoms with Crippen LogP contribution in [0.15, 0.2) is 60.0 Å². The standard InChI is InChI=1S/C30H34N2O2S/c1-21-12-14-23(15-13-21)30(34)32(24-9-4-3-5-10-24)20-28(33)31-18-16-27-26(17-19-35-27)29(31)25-11-7-6-8-22(25)2/h6-8,11-15,17,19,24,29H,3-5,9-10,16,18,20H2,1-2H3. The van der Waals surface area contributed by atoms with Gasteiger partial charge in [-0.25, -0.2) is 0 Å². The molecule has 1 unspecified atom stereocenters. The number of amides is 2. The number of carbonyl (C=O) groups excluding carboxylic acids is 2. The van der Waals surface area contributed by atoms with Crippen molar-refractivity contribution in [2.45, 2.75) is 64.5 Å². The molecule has 35 heavy (non-hydrogen) atoms. The van der Waals surface area contributed by atoms with Crippen molar-refractivity contribution in [2.24, 2.45) is 0 Å². The van der Waals surface area contributed by atoms with Crippen molar-refractivity contribution in [2.75, 3.05) is 13.1 Å². The lowest BCUT2D eigenvalue weighted by molar-refractivity contribution is -0.134. The van der Waals surface area contributed by atoms with Crippen LogP contribution in [0.5, 0.6) is 0 Å². The van der Waals surface area contributed by atoms with Crippen molar-refractivity contribution >= 4 is 23.2 Å². The zero-order chi connectivity index (χ0) is 24.4. The highest BCUT2D eigenvalue weighted by molar-refractivity contribution is 7.10. The number of carbonyl (C=O) groups is 2. The van der Waals surface area contributed by atoms with Gasteiger partial charge in [0.1, 0.15) is 6.54 Å². The summed E-state index contributed by atoms with van der Waals surface area (Å²) >= 11 is 1.78. The predicted molar refractivity (Wildman–Crippen MR) is 142 cm³/mol. The van der Waals surface area contributed by atoms with E-state index < -0.39 is 0 Å². The van der Waals surface area contributed by atoms with Crippen LogP contribution in [0.25, 0.3) is 0 Å². The largest absolute Gasteiger partial charge is 0.330 e. The topological polar surface area (TPSA) is 40.6 Å². The lowest BCUT2D eigenvalue weighted by Gasteiger charge is -2.40. The second kappa shape index (κ2) is 10.4. The van der Waals surface area contributed by atoms with Crippen molar-refractivity contribution in [3.63, 3.8) is 0 Å². The number of hydrogen-bond donors (Lipinski definition) is 0. The SMILES string of the molecule is Cc1ccc(C(=O)N(CC(=O)N2CCc3sccc3C2c2ccccc2C)C2CCCCC2)cc1. The lowest BCUT2D eigenvalue weighted by Crippen LogP contribution is -2.50. The highest BCUT2D eigenvalue weighted by atomic mass is 32.1. The Balaban J connectivity index is 1.46. The Labute approximate surface area is 212 Å². The summed E-state index contributed by atoms with van der Waals surface area (Å²) in [7, 11) is 0. The molecule has 1 aliphatic carbocycles. The molecule has 3 aromatic rings. The zero-order valence-electron chi connectivity index (χ0n) is 20.7. The van der Waals surface area contributed by atoms with Crippen LogP contribution in [-0.2, 0) is 11.2 Å². The van der Waals surface area contributed by atoms with Crippen LogP contribution in [0.2, 0.25) is 0 Å². The van der Waals surface area contributed by atoms with Crippen molar-refractivity contribution in [3.05, 3.63) is 92.7 Å². The van der Waals surface area contributed by atoms with Crippen LogP contribution >= 0.6 is 11.3 Å². The van der Waals surface area contributed by atoms with Gasteiger partial charge < -0.3 is 9.80 Å². The quantitative estimate of drug-likeness (QED) is 0.424. The van der Waals surface area contributed by atoms with Gasteiger partial charge in [0, 0.05) is 23.0 Å². The average Bonchev–Trinajstić information content (AvgIpc) is 3.37. The number of fused-ring (bicyclic) bond motifs is 1. The molecule has 2 aliphatic rings. The van der Waals surface area contributed by atoms with E-state index in [0.717, 1.165) is 37.7 Å². The number of rotatable bonds is 5. The summed E-state index contributed by atoms with van der Waals surface area (Å²) in [5.41, 5.74) is 5.40. The normalized spacial score (nSPS) is 18.2. The van der Waals surface area contributed by atoms with Gasteiger partial charge in [-0.2, -0.15) is 0 Å². The molecule has 0 bridgehead atoms. The monoisotopic (exact) mass is 486 g/mol. The third-order valence-electron chi connectivity index (χ3n) is 7.65. The van der Waals surface area contributed by atoms with E-state index in [9.17, 15) is 9.59 Å². The second-order valence-corrected chi connectivity index (χ2v) is 11.0. The summed E-state index contributed by atoms with van der Waals surface area (Å²) in [6.07, 6.45) is 6.26. The molecule has 0 radical (unpaired) electrons. The Morgan fingerprint density at radius 2 is 1.69 bits per heavy atom. The molecule has 2 aromatic carbocycles. The maximum atomic E-state index is 14.0. The minimum Gasteiger partial charge on any atom is -0.330 e. The molecule has 4 nitrogen and oxygen atoms in total. The summed E-state index contributed by atoms with van der Waals surface area (Å²) in [5.74, 6) is 0.0204. The molecule has 0 spiro atoms. The minimum atomic E-state index is -0.0959. The van der Waals surface area contributed by atoms with Crippen LogP contribution in [0, 0.1) is 13.8 Å². The van der Waals surface area contributed by atoms with Crippen molar-refractivity contribution < 1.29 is 9.59 Å². The van der Waals surface area contributed by atoms with E-state index in [0.29, 0.717) is 12.1 Å². The van der Waals surface area contributed by atoms with Gasteiger partial charge in [-0.15, -0.1) is 11.3 Å². The fourth-order valence-electron chi connectivity index (χ4n) is 5.67. The van der Waals surface area contributed by atoms with Gasteiger partial charge in [-0.1, -0.05) is 61.2 Å². The molecular formula is C30H34N2O2S. The third-order valence-corrected chi connectivity index (χ3v) is 8.65. The van der Waals surface area contributed by atoms with E-state index in [1.54, 1.807) is 11.3 Å². The molecule has 1 aromatic heterocycles. The summed E-state index contributed by atoms with van der Waals surface area (Å²) in [6.45, 7) is 4.97. The van der Waals surface area contributed by atoms with E-state index in [4.69, 9.17) is 0 Å². The lowest BCUT2D eigenvalue weighted by atomic mass is 9.90. The van der Waals surface area contributed by atoms with Gasteiger partial charge in [-0.05, 0) is 73.4 Å². The molecule has 1 fully saturated rings. The molecule has 0 N–H and O–H groups in total. The summed E-state index contributed by atoms with van der Waals surface area (Å²) in [4.78, 5) is 33.0. The molecule has 1 atom stereocenters. The Kier molecular flexibility index (Phi) is 7.05. The molecule has 5 rings (SSSR count). The first-order chi connectivity index (χ1) is 17.0. The van der Waals surface area contributed by atoms with Gasteiger partial charge in [0.15, 0.2) is 0 Å². The number of nitrogens with zero attached hydrogens (tertiary/aromatic N) is 2. The molecule has 5 heteroatoms. The molecule has 182 valence electrons. The van der Waals surface area contributed by atoms with Crippen molar-refractivity contribution in [1.82, 2.24) is 9.80 Å². The van der Waals surface area contributed by atoms with Gasteiger partial charge in [0.05, 0.1) is 6.04 Å². The molecule has 1 aliphatic heterocycles. The molecule has 1 saturated carbocycles. The Hall–Kier alpha value is -2.92. The van der Waals surface area contributed by atoms with Crippen LogP contribution in [0.1, 0.15) is 75.6 Å². The summed E-state index contributed by atoms with van der Waals surface area (Å²) in [6, 6.07) is 18.3. The smallest absolute Gasteiger partial charge is 0.254 e. The number of hydrogen-bond acceptors (Lipinski definition) is 3. The van der Waals surface area contributed by atoms with Crippen molar-refractivity contribution in [1.29, 1.82) is 0 Å². The maximum Gasteiger partial charge on any atom is 0.254 e. The van der Waals surface area contributed by atoms with E-state index in [-0.39, 0.29) is 30.4 Å². The fraction of sp³-hybridized carbons (Fsp3) is 0.400. The van der Waals surface area contributed by atoms with E-state index in [2.05, 4.69) is 36.6 Å². The van der Waals surface area contributed by atoms with Crippen molar-refractivity contribution in [3.8, 4) is 0 Å². The van der Waals surface area contributed by atoms with E-state index in [1.165, 1.54) is 28.0 Å². The van der Waals surface area contributed by atoms with Crippen LogP contribution in [0.3, 0.4) is 0 Å². The van der Waals surface area contributed by atoms with Gasteiger partial charge in [0.2, 0.25) is 5.91 Å². The number of thiophene rings is 1. The van der Waals surface area contributed by atoms with E-state index >= 15 is 0 Å². The van der Waals surface area contributed by atoms with Crippen LogP contribution < -0.4 is 0 Å². The Bertz CT molecular complexity index is 1190. The first-order valence-corrected chi connectivity index (χ1v) is 13.7. The van der Waals surface area contributed by atoms with Gasteiger partial charge >= 0.3 is 0 Å². The highest BCUT2D eigenvalue weighted by Gasteiger charge is 2.36. The van der Waals surface area contributed by atoms with Crippen LogP contribution in [0.4, 0.5) is 0 Å².